The number of rotatable bonds is 4. The molecule has 0 aromatic heterocycles. The van der Waals surface area contributed by atoms with Crippen molar-refractivity contribution < 1.29 is 9.84 Å². The molecule has 0 spiro atoms. The zero-order chi connectivity index (χ0) is 8.91. The van der Waals surface area contributed by atoms with Crippen molar-refractivity contribution in [3.63, 3.8) is 0 Å². The smallest absolute Gasteiger partial charge is 0.128 e. The second kappa shape index (κ2) is 4.70. The first-order valence-electron chi connectivity index (χ1n) is 3.99. The molecule has 0 aromatic carbocycles. The Bertz CT molecular complexity index is 98.8. The monoisotopic (exact) mass is 161 g/mol. The van der Waals surface area contributed by atoms with Crippen molar-refractivity contribution in [2.24, 2.45) is 0 Å². The van der Waals surface area contributed by atoms with Crippen molar-refractivity contribution in [3.8, 4) is 0 Å². The second-order valence-electron chi connectivity index (χ2n) is 3.57. The molecular formula is C8H19NO2. The van der Waals surface area contributed by atoms with Crippen LogP contribution in [0.3, 0.4) is 0 Å². The lowest BCUT2D eigenvalue weighted by atomic mass is 10.1. The minimum absolute atomic E-state index is 0.0590. The number of aliphatic hydroxyl groups is 1. The van der Waals surface area contributed by atoms with Crippen molar-refractivity contribution in [1.29, 1.82) is 0 Å². The van der Waals surface area contributed by atoms with Crippen LogP contribution in [0.25, 0.3) is 0 Å². The molecular weight excluding hydrogens is 142 g/mol. The van der Waals surface area contributed by atoms with E-state index in [1.165, 1.54) is 0 Å². The molecule has 0 bridgehead atoms. The average molecular weight is 161 g/mol. The highest BCUT2D eigenvalue weighted by Crippen LogP contribution is 1.99. The molecule has 0 fully saturated rings. The highest BCUT2D eigenvalue weighted by atomic mass is 16.5. The fraction of sp³-hybridized carbons (Fsp3) is 1.00. The third-order valence-electron chi connectivity index (χ3n) is 1.08. The molecule has 0 saturated carbocycles. The van der Waals surface area contributed by atoms with E-state index in [9.17, 15) is 5.11 Å². The molecule has 0 aliphatic rings. The molecule has 0 rings (SSSR count). The summed E-state index contributed by atoms with van der Waals surface area (Å²) in [7, 11) is 0. The summed E-state index contributed by atoms with van der Waals surface area (Å²) in [6, 6.07) is 0. The van der Waals surface area contributed by atoms with E-state index in [2.05, 4.69) is 5.32 Å². The lowest BCUT2D eigenvalue weighted by Crippen LogP contribution is -2.45. The normalized spacial score (nSPS) is 15.0. The molecule has 0 saturated heterocycles. The van der Waals surface area contributed by atoms with E-state index in [1.54, 1.807) is 0 Å². The van der Waals surface area contributed by atoms with Gasteiger partial charge in [0.1, 0.15) is 6.23 Å². The Morgan fingerprint density at radius 2 is 2.00 bits per heavy atom. The Kier molecular flexibility index (Phi) is 4.65. The van der Waals surface area contributed by atoms with Crippen LogP contribution in [-0.2, 0) is 4.74 Å². The summed E-state index contributed by atoms with van der Waals surface area (Å²) >= 11 is 0. The van der Waals surface area contributed by atoms with Crippen molar-refractivity contribution in [2.45, 2.75) is 39.5 Å². The van der Waals surface area contributed by atoms with Gasteiger partial charge in [-0.1, -0.05) is 0 Å². The van der Waals surface area contributed by atoms with Gasteiger partial charge in [-0.05, 0) is 27.7 Å². The Balaban J connectivity index is 3.44. The maximum atomic E-state index is 9.28. The standard InChI is InChI=1S/C8H19NO2/c1-5-11-6-7(10)9-8(2,3)4/h7,9-10H,5-6H2,1-4H3. The predicted molar refractivity (Wildman–Crippen MR) is 45.4 cm³/mol. The van der Waals surface area contributed by atoms with Gasteiger partial charge in [0.15, 0.2) is 0 Å². The molecule has 0 aliphatic carbocycles. The zero-order valence-corrected chi connectivity index (χ0v) is 7.85. The van der Waals surface area contributed by atoms with Crippen LogP contribution in [0.1, 0.15) is 27.7 Å². The molecule has 0 aromatic rings. The van der Waals surface area contributed by atoms with Crippen LogP contribution in [0.4, 0.5) is 0 Å². The van der Waals surface area contributed by atoms with Crippen LogP contribution in [-0.4, -0.2) is 30.1 Å². The molecule has 1 unspecified atom stereocenters. The summed E-state index contributed by atoms with van der Waals surface area (Å²) < 4.78 is 5.03. The molecule has 11 heavy (non-hydrogen) atoms. The highest BCUT2D eigenvalue weighted by Gasteiger charge is 2.13. The molecule has 0 radical (unpaired) electrons. The Hall–Kier alpha value is -0.120. The first-order chi connectivity index (χ1) is 4.95. The van der Waals surface area contributed by atoms with E-state index in [1.807, 2.05) is 27.7 Å². The van der Waals surface area contributed by atoms with Crippen LogP contribution in [0.15, 0.2) is 0 Å². The number of hydrogen-bond donors (Lipinski definition) is 2. The first-order valence-corrected chi connectivity index (χ1v) is 3.99. The van der Waals surface area contributed by atoms with Gasteiger partial charge in [0.25, 0.3) is 0 Å². The van der Waals surface area contributed by atoms with E-state index in [-0.39, 0.29) is 5.54 Å². The van der Waals surface area contributed by atoms with Crippen molar-refractivity contribution >= 4 is 0 Å². The van der Waals surface area contributed by atoms with E-state index in [0.29, 0.717) is 13.2 Å². The molecule has 0 amide bonds. The van der Waals surface area contributed by atoms with Gasteiger partial charge in [-0.3, -0.25) is 5.32 Å². The Morgan fingerprint density at radius 1 is 1.45 bits per heavy atom. The lowest BCUT2D eigenvalue weighted by Gasteiger charge is -2.24. The second-order valence-corrected chi connectivity index (χ2v) is 3.57. The SMILES string of the molecule is CCOCC(O)NC(C)(C)C. The van der Waals surface area contributed by atoms with Crippen molar-refractivity contribution in [3.05, 3.63) is 0 Å². The highest BCUT2D eigenvalue weighted by molar-refractivity contribution is 4.71. The summed E-state index contributed by atoms with van der Waals surface area (Å²) in [5.41, 5.74) is -0.0590. The van der Waals surface area contributed by atoms with Crippen LogP contribution < -0.4 is 5.32 Å². The largest absolute Gasteiger partial charge is 0.378 e. The molecule has 68 valence electrons. The molecule has 1 atom stereocenters. The van der Waals surface area contributed by atoms with Crippen LogP contribution in [0.2, 0.25) is 0 Å². The predicted octanol–water partition coefficient (Wildman–Crippen LogP) is 0.729. The van der Waals surface area contributed by atoms with Gasteiger partial charge in [0.05, 0.1) is 6.61 Å². The summed E-state index contributed by atoms with van der Waals surface area (Å²) in [4.78, 5) is 0. The van der Waals surface area contributed by atoms with Gasteiger partial charge in [0, 0.05) is 12.1 Å². The molecule has 3 heteroatoms. The van der Waals surface area contributed by atoms with Gasteiger partial charge in [-0.15, -0.1) is 0 Å². The Morgan fingerprint density at radius 3 is 2.36 bits per heavy atom. The van der Waals surface area contributed by atoms with Gasteiger partial charge in [-0.2, -0.15) is 0 Å². The topological polar surface area (TPSA) is 41.5 Å². The quantitative estimate of drug-likeness (QED) is 0.597. The average Bonchev–Trinajstić information content (AvgIpc) is 1.79. The summed E-state index contributed by atoms with van der Waals surface area (Å²) in [6.07, 6.45) is -0.560. The maximum absolute atomic E-state index is 9.28. The molecule has 2 N–H and O–H groups in total. The minimum atomic E-state index is -0.560. The fourth-order valence-electron chi connectivity index (χ4n) is 0.771. The van der Waals surface area contributed by atoms with Crippen molar-refractivity contribution in [2.75, 3.05) is 13.2 Å². The minimum Gasteiger partial charge on any atom is -0.378 e. The fourth-order valence-corrected chi connectivity index (χ4v) is 0.771. The summed E-state index contributed by atoms with van der Waals surface area (Å²) in [5.74, 6) is 0. The van der Waals surface area contributed by atoms with E-state index in [0.717, 1.165) is 0 Å². The lowest BCUT2D eigenvalue weighted by molar-refractivity contribution is 0.00982. The van der Waals surface area contributed by atoms with E-state index in [4.69, 9.17) is 4.74 Å². The van der Waals surface area contributed by atoms with Gasteiger partial charge in [0.2, 0.25) is 0 Å². The first kappa shape index (κ1) is 10.9. The molecule has 0 heterocycles. The van der Waals surface area contributed by atoms with Crippen LogP contribution in [0, 0.1) is 0 Å². The number of aliphatic hydroxyl groups excluding tert-OH is 1. The van der Waals surface area contributed by atoms with Crippen LogP contribution in [0.5, 0.6) is 0 Å². The van der Waals surface area contributed by atoms with Gasteiger partial charge in [-0.25, -0.2) is 0 Å². The third kappa shape index (κ3) is 7.78. The van der Waals surface area contributed by atoms with E-state index < -0.39 is 6.23 Å². The Labute approximate surface area is 68.8 Å². The third-order valence-corrected chi connectivity index (χ3v) is 1.08. The molecule has 3 nitrogen and oxygen atoms in total. The van der Waals surface area contributed by atoms with Gasteiger partial charge >= 0.3 is 0 Å². The summed E-state index contributed by atoms with van der Waals surface area (Å²) in [5, 5.41) is 12.3. The van der Waals surface area contributed by atoms with Crippen LogP contribution >= 0.6 is 0 Å². The molecule has 0 aliphatic heterocycles. The number of hydrogen-bond acceptors (Lipinski definition) is 3. The number of nitrogens with one attached hydrogen (secondary N) is 1. The summed E-state index contributed by atoms with van der Waals surface area (Å²) in [6.45, 7) is 8.91. The van der Waals surface area contributed by atoms with Crippen molar-refractivity contribution in [1.82, 2.24) is 5.32 Å². The number of ether oxygens (including phenoxy) is 1. The van der Waals surface area contributed by atoms with E-state index >= 15 is 0 Å². The maximum Gasteiger partial charge on any atom is 0.128 e. The zero-order valence-electron chi connectivity index (χ0n) is 7.85. The van der Waals surface area contributed by atoms with Gasteiger partial charge < -0.3 is 9.84 Å².